The van der Waals surface area contributed by atoms with Crippen molar-refractivity contribution in [1.82, 2.24) is 31.2 Å². The van der Waals surface area contributed by atoms with Crippen molar-refractivity contribution in [1.29, 1.82) is 0 Å². The molecule has 24 heavy (non-hydrogen) atoms. The molecular weight excluding hydrogens is 304 g/mol. The molecule has 1 aromatic heterocycles. The molecule has 2 heterocycles. The van der Waals surface area contributed by atoms with E-state index >= 15 is 0 Å². The molecule has 7 heteroatoms. The van der Waals surface area contributed by atoms with Crippen LogP contribution in [0.2, 0.25) is 0 Å². The van der Waals surface area contributed by atoms with E-state index in [1.807, 2.05) is 42.5 Å². The van der Waals surface area contributed by atoms with Crippen LogP contribution in [0.15, 0.2) is 54.6 Å². The highest BCUT2D eigenvalue weighted by Crippen LogP contribution is 2.20. The third-order valence-electron chi connectivity index (χ3n) is 4.15. The number of carbonyl (C=O) groups excluding carboxylic acids is 1. The van der Waals surface area contributed by atoms with Gasteiger partial charge in [0, 0.05) is 12.5 Å². The topological polar surface area (TPSA) is 83.9 Å². The molecule has 0 saturated carbocycles. The molecule has 0 aliphatic carbocycles. The zero-order valence-electron chi connectivity index (χ0n) is 13.0. The maximum absolute atomic E-state index is 12.3. The zero-order valence-corrected chi connectivity index (χ0v) is 13.0. The van der Waals surface area contributed by atoms with Gasteiger partial charge in [0.25, 0.3) is 0 Å². The first-order valence-corrected chi connectivity index (χ1v) is 7.93. The van der Waals surface area contributed by atoms with Crippen molar-refractivity contribution >= 4 is 16.9 Å². The molecule has 0 bridgehead atoms. The molecule has 0 radical (unpaired) electrons. The van der Waals surface area contributed by atoms with Gasteiger partial charge in [0.05, 0.1) is 11.7 Å². The number of aromatic nitrogens is 3. The lowest BCUT2D eigenvalue weighted by Gasteiger charge is -2.12. The van der Waals surface area contributed by atoms with Gasteiger partial charge in [-0.15, -0.1) is 5.10 Å². The van der Waals surface area contributed by atoms with E-state index in [9.17, 15) is 4.79 Å². The van der Waals surface area contributed by atoms with E-state index in [0.717, 1.165) is 17.5 Å². The summed E-state index contributed by atoms with van der Waals surface area (Å²) in [5.41, 5.74) is 9.18. The number of hydrogen-bond donors (Lipinski definition) is 3. The summed E-state index contributed by atoms with van der Waals surface area (Å²) >= 11 is 0. The quantitative estimate of drug-likeness (QED) is 0.670. The Bertz CT molecular complexity index is 846. The number of rotatable bonds is 4. The highest BCUT2D eigenvalue weighted by Gasteiger charge is 2.26. The van der Waals surface area contributed by atoms with Crippen molar-refractivity contribution in [2.75, 3.05) is 0 Å². The van der Waals surface area contributed by atoms with Gasteiger partial charge in [-0.05, 0) is 17.7 Å². The molecule has 1 aliphatic rings. The van der Waals surface area contributed by atoms with Gasteiger partial charge in [-0.25, -0.2) is 15.5 Å². The minimum Gasteiger partial charge on any atom is -0.338 e. The van der Waals surface area contributed by atoms with Crippen LogP contribution >= 0.6 is 0 Å². The van der Waals surface area contributed by atoms with Crippen LogP contribution in [0.3, 0.4) is 0 Å². The average Bonchev–Trinajstić information content (AvgIpc) is 3.23. The number of hydrogen-bond acceptors (Lipinski definition) is 5. The van der Waals surface area contributed by atoms with Crippen LogP contribution in [0.4, 0.5) is 0 Å². The molecule has 4 rings (SSSR count). The Labute approximate surface area is 139 Å². The van der Waals surface area contributed by atoms with Crippen LogP contribution in [0.1, 0.15) is 18.0 Å². The minimum absolute atomic E-state index is 0.0985. The Balaban J connectivity index is 1.37. The van der Waals surface area contributed by atoms with E-state index in [4.69, 9.17) is 0 Å². The van der Waals surface area contributed by atoms with E-state index in [0.29, 0.717) is 0 Å². The SMILES string of the molecule is O=C(Cn1nnc2ccccc21)NC1CC(c2ccccc2)NN1. The summed E-state index contributed by atoms with van der Waals surface area (Å²) in [6.07, 6.45) is 0.672. The van der Waals surface area contributed by atoms with E-state index < -0.39 is 0 Å². The summed E-state index contributed by atoms with van der Waals surface area (Å²) < 4.78 is 1.61. The fourth-order valence-electron chi connectivity index (χ4n) is 2.96. The lowest BCUT2D eigenvalue weighted by Crippen LogP contribution is -2.45. The van der Waals surface area contributed by atoms with E-state index in [-0.39, 0.29) is 24.7 Å². The summed E-state index contributed by atoms with van der Waals surface area (Å²) in [6, 6.07) is 17.9. The van der Waals surface area contributed by atoms with Crippen molar-refractivity contribution in [3.63, 3.8) is 0 Å². The highest BCUT2D eigenvalue weighted by molar-refractivity contribution is 5.79. The number of para-hydroxylation sites is 1. The molecule has 122 valence electrons. The van der Waals surface area contributed by atoms with Gasteiger partial charge in [0.15, 0.2) is 0 Å². The Morgan fingerprint density at radius 1 is 1.12 bits per heavy atom. The summed E-state index contributed by atoms with van der Waals surface area (Å²) in [5.74, 6) is -0.0985. The maximum atomic E-state index is 12.3. The Kier molecular flexibility index (Phi) is 3.94. The summed E-state index contributed by atoms with van der Waals surface area (Å²) in [5, 5.41) is 11.1. The number of nitrogens with one attached hydrogen (secondary N) is 3. The van der Waals surface area contributed by atoms with Gasteiger partial charge >= 0.3 is 0 Å². The predicted octanol–water partition coefficient (Wildman–Crippen LogP) is 1.11. The largest absolute Gasteiger partial charge is 0.338 e. The normalized spacial score (nSPS) is 20.3. The first-order chi connectivity index (χ1) is 11.8. The molecule has 1 fully saturated rings. The second-order valence-electron chi connectivity index (χ2n) is 5.84. The fraction of sp³-hybridized carbons (Fsp3) is 0.235. The standard InChI is InChI=1S/C17H18N6O/c24-17(11-23-15-9-5-4-8-13(15)20-22-23)18-16-10-14(19-21-16)12-6-2-1-3-7-12/h1-9,14,16,19,21H,10-11H2,(H,18,24). The molecular formula is C17H18N6O. The molecule has 2 unspecified atom stereocenters. The zero-order chi connectivity index (χ0) is 16.4. The smallest absolute Gasteiger partial charge is 0.243 e. The van der Waals surface area contributed by atoms with Crippen molar-refractivity contribution in [2.24, 2.45) is 0 Å². The van der Waals surface area contributed by atoms with Crippen molar-refractivity contribution < 1.29 is 4.79 Å². The van der Waals surface area contributed by atoms with Crippen LogP contribution in [0.25, 0.3) is 11.0 Å². The van der Waals surface area contributed by atoms with Crippen LogP contribution in [-0.2, 0) is 11.3 Å². The second-order valence-corrected chi connectivity index (χ2v) is 5.84. The van der Waals surface area contributed by atoms with Gasteiger partial charge in [-0.1, -0.05) is 47.7 Å². The number of benzene rings is 2. The molecule has 0 spiro atoms. The summed E-state index contributed by atoms with van der Waals surface area (Å²) in [7, 11) is 0. The van der Waals surface area contributed by atoms with E-state index in [1.165, 1.54) is 5.56 Å². The maximum Gasteiger partial charge on any atom is 0.243 e. The van der Waals surface area contributed by atoms with Gasteiger partial charge in [0.1, 0.15) is 12.1 Å². The minimum atomic E-state index is -0.113. The predicted molar refractivity (Wildman–Crippen MR) is 89.5 cm³/mol. The van der Waals surface area contributed by atoms with Crippen molar-refractivity contribution in [2.45, 2.75) is 25.2 Å². The fourth-order valence-corrected chi connectivity index (χ4v) is 2.96. The molecule has 1 aliphatic heterocycles. The van der Waals surface area contributed by atoms with Gasteiger partial charge in [-0.2, -0.15) is 0 Å². The van der Waals surface area contributed by atoms with Crippen LogP contribution in [-0.4, -0.2) is 27.1 Å². The van der Waals surface area contributed by atoms with Gasteiger partial charge in [0.2, 0.25) is 5.91 Å². The summed E-state index contributed by atoms with van der Waals surface area (Å²) in [6.45, 7) is 0.148. The first kappa shape index (κ1) is 14.8. The number of nitrogens with zero attached hydrogens (tertiary/aromatic N) is 3. The molecule has 1 amide bonds. The number of amides is 1. The molecule has 3 aromatic rings. The van der Waals surface area contributed by atoms with Crippen LogP contribution < -0.4 is 16.2 Å². The molecule has 3 N–H and O–H groups in total. The first-order valence-electron chi connectivity index (χ1n) is 7.93. The number of fused-ring (bicyclic) bond motifs is 1. The van der Waals surface area contributed by atoms with Crippen molar-refractivity contribution in [3.05, 3.63) is 60.2 Å². The van der Waals surface area contributed by atoms with Crippen LogP contribution in [0, 0.1) is 0 Å². The second kappa shape index (κ2) is 6.38. The molecule has 7 nitrogen and oxygen atoms in total. The Hall–Kier alpha value is -2.77. The highest BCUT2D eigenvalue weighted by atomic mass is 16.2. The number of hydrazine groups is 1. The third kappa shape index (κ3) is 2.99. The average molecular weight is 322 g/mol. The van der Waals surface area contributed by atoms with E-state index in [1.54, 1.807) is 4.68 Å². The lowest BCUT2D eigenvalue weighted by molar-refractivity contribution is -0.122. The van der Waals surface area contributed by atoms with E-state index in [2.05, 4.69) is 38.6 Å². The molecule has 2 aromatic carbocycles. The van der Waals surface area contributed by atoms with Crippen LogP contribution in [0.5, 0.6) is 0 Å². The number of carbonyl (C=O) groups is 1. The van der Waals surface area contributed by atoms with Gasteiger partial charge < -0.3 is 5.32 Å². The Morgan fingerprint density at radius 2 is 1.92 bits per heavy atom. The van der Waals surface area contributed by atoms with Crippen molar-refractivity contribution in [3.8, 4) is 0 Å². The van der Waals surface area contributed by atoms with Gasteiger partial charge in [-0.3, -0.25) is 4.79 Å². The Morgan fingerprint density at radius 3 is 2.79 bits per heavy atom. The monoisotopic (exact) mass is 322 g/mol. The molecule has 2 atom stereocenters. The summed E-state index contributed by atoms with van der Waals surface area (Å²) in [4.78, 5) is 12.3. The third-order valence-corrected chi connectivity index (χ3v) is 4.15. The molecule has 1 saturated heterocycles. The lowest BCUT2D eigenvalue weighted by atomic mass is 10.0.